The molecule has 1 aromatic heterocycles. The van der Waals surface area contributed by atoms with Crippen LogP contribution in [0.3, 0.4) is 0 Å². The number of nitrogens with one attached hydrogen (secondary N) is 3. The Hall–Kier alpha value is -1.59. The molecule has 0 amide bonds. The number of rotatable bonds is 7. The molecule has 6 heteroatoms. The predicted molar refractivity (Wildman–Crippen MR) is 67.3 cm³/mol. The molecule has 0 radical (unpaired) electrons. The van der Waals surface area contributed by atoms with E-state index in [1.807, 2.05) is 6.92 Å². The minimum absolute atomic E-state index is 0.173. The van der Waals surface area contributed by atoms with Gasteiger partial charge in [0.05, 0.1) is 0 Å². The SMILES string of the molecule is CCCCCCC(C)Nc1n[nH]c(=O)[nH]c1=O. The normalized spacial score (nSPS) is 12.4. The quantitative estimate of drug-likeness (QED) is 0.625. The molecule has 1 rings (SSSR count). The highest BCUT2D eigenvalue weighted by atomic mass is 16.2. The van der Waals surface area contributed by atoms with E-state index in [0.717, 1.165) is 12.8 Å². The van der Waals surface area contributed by atoms with E-state index in [1.54, 1.807) is 0 Å². The van der Waals surface area contributed by atoms with Crippen LogP contribution < -0.4 is 16.6 Å². The van der Waals surface area contributed by atoms with E-state index in [2.05, 4.69) is 27.4 Å². The van der Waals surface area contributed by atoms with E-state index in [1.165, 1.54) is 19.3 Å². The van der Waals surface area contributed by atoms with Crippen molar-refractivity contribution in [2.75, 3.05) is 5.32 Å². The van der Waals surface area contributed by atoms with Gasteiger partial charge in [-0.2, -0.15) is 0 Å². The van der Waals surface area contributed by atoms with Crippen LogP contribution in [0.1, 0.15) is 46.0 Å². The third-order valence-electron chi connectivity index (χ3n) is 2.59. The minimum Gasteiger partial charge on any atom is -0.362 e. The molecule has 0 saturated carbocycles. The molecule has 17 heavy (non-hydrogen) atoms. The number of aromatic amines is 2. The average molecular weight is 240 g/mol. The first-order valence-electron chi connectivity index (χ1n) is 6.09. The van der Waals surface area contributed by atoms with Gasteiger partial charge in [0.1, 0.15) is 0 Å². The van der Waals surface area contributed by atoms with Crippen molar-refractivity contribution in [1.82, 2.24) is 15.2 Å². The van der Waals surface area contributed by atoms with Crippen molar-refractivity contribution in [3.8, 4) is 0 Å². The lowest BCUT2D eigenvalue weighted by Crippen LogP contribution is -2.29. The Bertz CT molecular complexity index is 438. The van der Waals surface area contributed by atoms with Crippen LogP contribution in [0.25, 0.3) is 0 Å². The number of hydrogen-bond acceptors (Lipinski definition) is 4. The topological polar surface area (TPSA) is 90.6 Å². The second kappa shape index (κ2) is 6.88. The lowest BCUT2D eigenvalue weighted by Gasteiger charge is -2.12. The van der Waals surface area contributed by atoms with E-state index >= 15 is 0 Å². The smallest absolute Gasteiger partial charge is 0.342 e. The summed E-state index contributed by atoms with van der Waals surface area (Å²) in [6, 6.07) is 0.173. The van der Waals surface area contributed by atoms with Crippen molar-refractivity contribution < 1.29 is 0 Å². The fourth-order valence-corrected chi connectivity index (χ4v) is 1.63. The summed E-state index contributed by atoms with van der Waals surface area (Å²) >= 11 is 0. The van der Waals surface area contributed by atoms with Gasteiger partial charge in [-0.15, -0.1) is 5.10 Å². The van der Waals surface area contributed by atoms with Crippen molar-refractivity contribution in [2.24, 2.45) is 0 Å². The van der Waals surface area contributed by atoms with Gasteiger partial charge in [-0.1, -0.05) is 32.6 Å². The maximum absolute atomic E-state index is 11.4. The van der Waals surface area contributed by atoms with Gasteiger partial charge >= 0.3 is 5.69 Å². The molecule has 1 aromatic rings. The second-order valence-corrected chi connectivity index (χ2v) is 4.25. The summed E-state index contributed by atoms with van der Waals surface area (Å²) in [5, 5.41) is 8.86. The first-order chi connectivity index (χ1) is 8.13. The molecular weight excluding hydrogens is 220 g/mol. The van der Waals surface area contributed by atoms with Crippen molar-refractivity contribution in [3.63, 3.8) is 0 Å². The van der Waals surface area contributed by atoms with Crippen LogP contribution in [0.5, 0.6) is 0 Å². The van der Waals surface area contributed by atoms with Gasteiger partial charge in [0.15, 0.2) is 0 Å². The van der Waals surface area contributed by atoms with Crippen molar-refractivity contribution >= 4 is 5.82 Å². The zero-order chi connectivity index (χ0) is 12.7. The predicted octanol–water partition coefficient (Wildman–Crippen LogP) is 1.23. The third kappa shape index (κ3) is 4.84. The number of aromatic nitrogens is 3. The Morgan fingerprint density at radius 3 is 2.71 bits per heavy atom. The molecule has 3 N–H and O–H groups in total. The van der Waals surface area contributed by atoms with Gasteiger partial charge < -0.3 is 5.32 Å². The highest BCUT2D eigenvalue weighted by Gasteiger charge is 2.06. The first kappa shape index (κ1) is 13.5. The number of hydrogen-bond donors (Lipinski definition) is 3. The Kier molecular flexibility index (Phi) is 5.45. The van der Waals surface area contributed by atoms with E-state index in [0.29, 0.717) is 0 Å². The molecule has 1 unspecified atom stereocenters. The van der Waals surface area contributed by atoms with Crippen molar-refractivity contribution in [1.29, 1.82) is 0 Å². The number of unbranched alkanes of at least 4 members (excludes halogenated alkanes) is 3. The maximum atomic E-state index is 11.4. The molecule has 1 heterocycles. The first-order valence-corrected chi connectivity index (χ1v) is 6.09. The molecule has 0 aliphatic rings. The fourth-order valence-electron chi connectivity index (χ4n) is 1.63. The van der Waals surface area contributed by atoms with Crippen LogP contribution in [0, 0.1) is 0 Å². The molecule has 0 fully saturated rings. The number of anilines is 1. The zero-order valence-corrected chi connectivity index (χ0v) is 10.4. The molecular formula is C11H20N4O2. The van der Waals surface area contributed by atoms with Gasteiger partial charge in [0, 0.05) is 6.04 Å². The molecule has 0 bridgehead atoms. The van der Waals surface area contributed by atoms with Crippen LogP contribution >= 0.6 is 0 Å². The second-order valence-electron chi connectivity index (χ2n) is 4.25. The highest BCUT2D eigenvalue weighted by Crippen LogP contribution is 2.07. The van der Waals surface area contributed by atoms with Gasteiger partial charge in [-0.3, -0.25) is 9.78 Å². The van der Waals surface area contributed by atoms with Gasteiger partial charge in [0.25, 0.3) is 5.56 Å². The monoisotopic (exact) mass is 240 g/mol. The molecule has 6 nitrogen and oxygen atoms in total. The van der Waals surface area contributed by atoms with Gasteiger partial charge in [0.2, 0.25) is 5.82 Å². The van der Waals surface area contributed by atoms with Crippen molar-refractivity contribution in [3.05, 3.63) is 20.8 Å². The fraction of sp³-hybridized carbons (Fsp3) is 0.727. The maximum Gasteiger partial charge on any atom is 0.342 e. The molecule has 0 aliphatic carbocycles. The Morgan fingerprint density at radius 1 is 1.29 bits per heavy atom. The third-order valence-corrected chi connectivity index (χ3v) is 2.59. The lowest BCUT2D eigenvalue weighted by atomic mass is 10.1. The molecule has 1 atom stereocenters. The molecule has 0 saturated heterocycles. The van der Waals surface area contributed by atoms with E-state index < -0.39 is 11.2 Å². The summed E-state index contributed by atoms with van der Waals surface area (Å²) in [6.07, 6.45) is 5.77. The summed E-state index contributed by atoms with van der Waals surface area (Å²) in [7, 11) is 0. The molecule has 0 aliphatic heterocycles. The Balaban J connectivity index is 2.42. The minimum atomic E-state index is -0.587. The van der Waals surface area contributed by atoms with E-state index in [4.69, 9.17) is 0 Å². The number of nitrogens with zero attached hydrogens (tertiary/aromatic N) is 1. The summed E-state index contributed by atoms with van der Waals surface area (Å²) < 4.78 is 0. The average Bonchev–Trinajstić information content (AvgIpc) is 2.28. The zero-order valence-electron chi connectivity index (χ0n) is 10.4. The van der Waals surface area contributed by atoms with Crippen LogP contribution in [0.15, 0.2) is 9.59 Å². The van der Waals surface area contributed by atoms with E-state index in [9.17, 15) is 9.59 Å². The highest BCUT2D eigenvalue weighted by molar-refractivity contribution is 5.29. The van der Waals surface area contributed by atoms with Crippen LogP contribution in [-0.2, 0) is 0 Å². The van der Waals surface area contributed by atoms with Crippen LogP contribution in [0.2, 0.25) is 0 Å². The lowest BCUT2D eigenvalue weighted by molar-refractivity contribution is 0.591. The molecule has 0 aromatic carbocycles. The van der Waals surface area contributed by atoms with Gasteiger partial charge in [-0.05, 0) is 13.3 Å². The van der Waals surface area contributed by atoms with Crippen molar-refractivity contribution in [2.45, 2.75) is 52.0 Å². The summed E-state index contributed by atoms with van der Waals surface area (Å²) in [4.78, 5) is 24.3. The Morgan fingerprint density at radius 2 is 2.06 bits per heavy atom. The summed E-state index contributed by atoms with van der Waals surface area (Å²) in [5.74, 6) is 0.174. The van der Waals surface area contributed by atoms with Gasteiger partial charge in [-0.25, -0.2) is 9.89 Å². The Labute approximate surface area is 99.9 Å². The molecule has 0 spiro atoms. The van der Waals surface area contributed by atoms with Crippen LogP contribution in [-0.4, -0.2) is 21.2 Å². The summed E-state index contributed by atoms with van der Waals surface area (Å²) in [6.45, 7) is 4.17. The van der Waals surface area contributed by atoms with E-state index in [-0.39, 0.29) is 11.9 Å². The van der Waals surface area contributed by atoms with Crippen LogP contribution in [0.4, 0.5) is 5.82 Å². The summed E-state index contributed by atoms with van der Waals surface area (Å²) in [5.41, 5.74) is -1.06. The standard InChI is InChI=1S/C11H20N4O2/c1-3-4-5-6-7-8(2)12-9-10(16)13-11(17)15-14-9/h8H,3-7H2,1-2H3,(H,12,14)(H2,13,15,16,17). The largest absolute Gasteiger partial charge is 0.362 e. The molecule has 96 valence electrons. The number of H-pyrrole nitrogens is 2.